The first-order valence-electron chi connectivity index (χ1n) is 8.68. The van der Waals surface area contributed by atoms with Gasteiger partial charge < -0.3 is 9.64 Å². The van der Waals surface area contributed by atoms with Crippen LogP contribution >= 0.6 is 11.6 Å². The first kappa shape index (κ1) is 17.9. The zero-order valence-electron chi connectivity index (χ0n) is 14.3. The smallest absolute Gasteiger partial charge is 0.282 e. The van der Waals surface area contributed by atoms with Gasteiger partial charge in [0.25, 0.3) is 10.2 Å². The Labute approximate surface area is 158 Å². The second-order valence-corrected chi connectivity index (χ2v) is 8.76. The predicted octanol–water partition coefficient (Wildman–Crippen LogP) is 1.59. The largest absolute Gasteiger partial charge is 0.379 e. The van der Waals surface area contributed by atoms with Gasteiger partial charge in [0, 0.05) is 61.6 Å². The maximum absolute atomic E-state index is 12.8. The number of aromatic nitrogens is 1. The number of rotatable bonds is 3. The van der Waals surface area contributed by atoms with E-state index in [1.54, 1.807) is 10.5 Å². The summed E-state index contributed by atoms with van der Waals surface area (Å²) in [5, 5.41) is 1.69. The fourth-order valence-electron chi connectivity index (χ4n) is 3.48. The van der Waals surface area contributed by atoms with Crippen molar-refractivity contribution in [2.75, 3.05) is 57.4 Å². The van der Waals surface area contributed by atoms with Crippen LogP contribution in [0.2, 0.25) is 5.02 Å². The molecule has 2 saturated heterocycles. The number of ether oxygens (including phenoxy) is 1. The Kier molecular flexibility index (Phi) is 5.02. The molecule has 0 amide bonds. The molecule has 26 heavy (non-hydrogen) atoms. The summed E-state index contributed by atoms with van der Waals surface area (Å²) in [7, 11) is -3.41. The lowest BCUT2D eigenvalue weighted by atomic mass is 10.1. The molecule has 0 N–H and O–H groups in total. The van der Waals surface area contributed by atoms with Crippen LogP contribution in [0.15, 0.2) is 30.5 Å². The van der Waals surface area contributed by atoms with Gasteiger partial charge in [0.05, 0.1) is 18.7 Å². The highest BCUT2D eigenvalue weighted by atomic mass is 35.5. The van der Waals surface area contributed by atoms with E-state index in [0.717, 1.165) is 16.6 Å². The van der Waals surface area contributed by atoms with Crippen LogP contribution < -0.4 is 4.90 Å². The maximum Gasteiger partial charge on any atom is 0.282 e. The highest BCUT2D eigenvalue weighted by Gasteiger charge is 2.33. The molecule has 0 spiro atoms. The van der Waals surface area contributed by atoms with Gasteiger partial charge >= 0.3 is 0 Å². The van der Waals surface area contributed by atoms with Crippen LogP contribution in [0.5, 0.6) is 0 Å². The highest BCUT2D eigenvalue weighted by Crippen LogP contribution is 2.28. The Morgan fingerprint density at radius 2 is 1.65 bits per heavy atom. The summed E-state index contributed by atoms with van der Waals surface area (Å²) in [6.07, 6.45) is 1.77. The van der Waals surface area contributed by atoms with E-state index >= 15 is 0 Å². The third-order valence-electron chi connectivity index (χ3n) is 4.88. The minimum atomic E-state index is -3.41. The van der Waals surface area contributed by atoms with E-state index in [-0.39, 0.29) is 0 Å². The SMILES string of the molecule is O=S(=O)(N1CCOCC1)N1CCN(c2ccnc3cc(Cl)ccc23)CC1. The molecule has 2 fully saturated rings. The number of piperazine rings is 1. The van der Waals surface area contributed by atoms with Crippen molar-refractivity contribution in [3.05, 3.63) is 35.5 Å². The topological polar surface area (TPSA) is 66.0 Å². The molecule has 2 aliphatic heterocycles. The third-order valence-corrected chi connectivity index (χ3v) is 7.15. The molecular formula is C17H21ClN4O3S. The minimum absolute atomic E-state index is 0.429. The molecule has 0 bridgehead atoms. The molecule has 3 heterocycles. The fraction of sp³-hybridized carbons (Fsp3) is 0.471. The van der Waals surface area contributed by atoms with E-state index in [2.05, 4.69) is 9.88 Å². The molecule has 0 saturated carbocycles. The lowest BCUT2D eigenvalue weighted by Gasteiger charge is -2.38. The number of anilines is 1. The first-order chi connectivity index (χ1) is 12.6. The van der Waals surface area contributed by atoms with Crippen LogP contribution in [0.3, 0.4) is 0 Å². The average molecular weight is 397 g/mol. The molecule has 0 radical (unpaired) electrons. The number of nitrogens with zero attached hydrogens (tertiary/aromatic N) is 4. The fourth-order valence-corrected chi connectivity index (χ4v) is 5.21. The Morgan fingerprint density at radius 1 is 0.962 bits per heavy atom. The molecule has 2 aromatic rings. The molecule has 140 valence electrons. The van der Waals surface area contributed by atoms with Crippen molar-refractivity contribution in [3.63, 3.8) is 0 Å². The van der Waals surface area contributed by atoms with Gasteiger partial charge in [-0.2, -0.15) is 17.0 Å². The minimum Gasteiger partial charge on any atom is -0.379 e. The summed E-state index contributed by atoms with van der Waals surface area (Å²) in [5.41, 5.74) is 1.91. The predicted molar refractivity (Wildman–Crippen MR) is 102 cm³/mol. The summed E-state index contributed by atoms with van der Waals surface area (Å²) in [6.45, 7) is 4.01. The second kappa shape index (κ2) is 7.28. The Bertz CT molecular complexity index is 894. The Hall–Kier alpha value is -1.45. The number of pyridine rings is 1. The molecule has 0 unspecified atom stereocenters. The van der Waals surface area contributed by atoms with E-state index in [1.165, 1.54) is 4.31 Å². The van der Waals surface area contributed by atoms with Gasteiger partial charge in [-0.05, 0) is 24.3 Å². The van der Waals surface area contributed by atoms with Gasteiger partial charge in [-0.15, -0.1) is 0 Å². The van der Waals surface area contributed by atoms with Crippen molar-refractivity contribution in [1.82, 2.24) is 13.6 Å². The zero-order chi connectivity index (χ0) is 18.1. The summed E-state index contributed by atoms with van der Waals surface area (Å²) in [4.78, 5) is 6.59. The van der Waals surface area contributed by atoms with Crippen molar-refractivity contribution in [3.8, 4) is 0 Å². The molecular weight excluding hydrogens is 376 g/mol. The summed E-state index contributed by atoms with van der Waals surface area (Å²) >= 11 is 6.06. The number of halogens is 1. The zero-order valence-corrected chi connectivity index (χ0v) is 15.9. The number of fused-ring (bicyclic) bond motifs is 1. The maximum atomic E-state index is 12.8. The highest BCUT2D eigenvalue weighted by molar-refractivity contribution is 7.86. The third kappa shape index (κ3) is 3.39. The van der Waals surface area contributed by atoms with Crippen molar-refractivity contribution >= 4 is 38.4 Å². The molecule has 1 aromatic heterocycles. The van der Waals surface area contributed by atoms with Crippen molar-refractivity contribution in [2.24, 2.45) is 0 Å². The summed E-state index contributed by atoms with van der Waals surface area (Å²) < 4.78 is 33.9. The van der Waals surface area contributed by atoms with Crippen LogP contribution in [-0.2, 0) is 14.9 Å². The normalized spacial score (nSPS) is 20.6. The Balaban J connectivity index is 1.50. The molecule has 2 aliphatic rings. The lowest BCUT2D eigenvalue weighted by molar-refractivity contribution is 0.0700. The van der Waals surface area contributed by atoms with E-state index in [9.17, 15) is 8.42 Å². The summed E-state index contributed by atoms with van der Waals surface area (Å²) in [5.74, 6) is 0. The van der Waals surface area contributed by atoms with Crippen molar-refractivity contribution < 1.29 is 13.2 Å². The molecule has 0 atom stereocenters. The number of hydrogen-bond acceptors (Lipinski definition) is 5. The lowest BCUT2D eigenvalue weighted by Crippen LogP contribution is -2.55. The monoisotopic (exact) mass is 396 g/mol. The quantitative estimate of drug-likeness (QED) is 0.788. The van der Waals surface area contributed by atoms with Crippen LogP contribution in [0, 0.1) is 0 Å². The van der Waals surface area contributed by atoms with Crippen LogP contribution in [-0.4, -0.2) is 74.5 Å². The van der Waals surface area contributed by atoms with E-state index in [0.29, 0.717) is 57.5 Å². The molecule has 0 aliphatic carbocycles. The molecule has 4 rings (SSSR count). The van der Waals surface area contributed by atoms with E-state index in [4.69, 9.17) is 16.3 Å². The average Bonchev–Trinajstić information content (AvgIpc) is 2.68. The van der Waals surface area contributed by atoms with E-state index < -0.39 is 10.2 Å². The Morgan fingerprint density at radius 3 is 2.38 bits per heavy atom. The van der Waals surface area contributed by atoms with Gasteiger partial charge in [0.15, 0.2) is 0 Å². The van der Waals surface area contributed by atoms with E-state index in [1.807, 2.05) is 24.3 Å². The standard InChI is InChI=1S/C17H21ClN4O3S/c18-14-1-2-15-16(13-14)19-4-3-17(15)20-5-7-21(8-6-20)26(23,24)22-9-11-25-12-10-22/h1-4,13H,5-12H2. The van der Waals surface area contributed by atoms with Crippen molar-refractivity contribution in [2.45, 2.75) is 0 Å². The van der Waals surface area contributed by atoms with Gasteiger partial charge in [-0.25, -0.2) is 0 Å². The van der Waals surface area contributed by atoms with Crippen LogP contribution in [0.25, 0.3) is 10.9 Å². The number of hydrogen-bond donors (Lipinski definition) is 0. The second-order valence-electron chi connectivity index (χ2n) is 6.40. The van der Waals surface area contributed by atoms with Crippen molar-refractivity contribution in [1.29, 1.82) is 0 Å². The van der Waals surface area contributed by atoms with Gasteiger partial charge in [0.1, 0.15) is 0 Å². The number of benzene rings is 1. The summed E-state index contributed by atoms with van der Waals surface area (Å²) in [6, 6.07) is 7.65. The molecule has 9 heteroatoms. The van der Waals surface area contributed by atoms with Gasteiger partial charge in [-0.1, -0.05) is 11.6 Å². The molecule has 1 aromatic carbocycles. The van der Waals surface area contributed by atoms with Gasteiger partial charge in [-0.3, -0.25) is 4.98 Å². The van der Waals surface area contributed by atoms with Gasteiger partial charge in [0.2, 0.25) is 0 Å². The van der Waals surface area contributed by atoms with Crippen LogP contribution in [0.1, 0.15) is 0 Å². The van der Waals surface area contributed by atoms with Crippen LogP contribution in [0.4, 0.5) is 5.69 Å². The molecule has 7 nitrogen and oxygen atoms in total. The number of morpholine rings is 1. The first-order valence-corrected chi connectivity index (χ1v) is 10.5.